The lowest BCUT2D eigenvalue weighted by molar-refractivity contribution is 0.631. The molecule has 0 saturated carbocycles. The van der Waals surface area contributed by atoms with Crippen LogP contribution in [0.5, 0.6) is 0 Å². The Morgan fingerprint density at radius 1 is 1.33 bits per heavy atom. The molecule has 0 aliphatic carbocycles. The van der Waals surface area contributed by atoms with Gasteiger partial charge in [-0.05, 0) is 18.2 Å². The van der Waals surface area contributed by atoms with Gasteiger partial charge in [-0.1, -0.05) is 6.07 Å². The molecule has 0 bridgehead atoms. The fourth-order valence-corrected chi connectivity index (χ4v) is 1.53. The van der Waals surface area contributed by atoms with Gasteiger partial charge in [-0.2, -0.15) is 5.10 Å². The Morgan fingerprint density at radius 2 is 2.13 bits per heavy atom. The summed E-state index contributed by atoms with van der Waals surface area (Å²) in [4.78, 5) is 0. The highest BCUT2D eigenvalue weighted by Crippen LogP contribution is 2.23. The molecule has 0 aliphatic heterocycles. The lowest BCUT2D eigenvalue weighted by Crippen LogP contribution is -1.96. The molecule has 1 aromatic carbocycles. The Balaban J connectivity index is 2.47. The van der Waals surface area contributed by atoms with Gasteiger partial charge in [0, 0.05) is 25.9 Å². The maximum atomic E-state index is 13.5. The van der Waals surface area contributed by atoms with Crippen LogP contribution in [0.25, 0.3) is 11.3 Å². The van der Waals surface area contributed by atoms with Gasteiger partial charge >= 0.3 is 0 Å². The Bertz CT molecular complexity index is 476. The first-order valence-corrected chi connectivity index (χ1v) is 4.68. The topological polar surface area (TPSA) is 29.9 Å². The lowest BCUT2D eigenvalue weighted by atomic mass is 10.1. The van der Waals surface area contributed by atoms with Gasteiger partial charge in [0.2, 0.25) is 0 Å². The van der Waals surface area contributed by atoms with E-state index in [0.717, 1.165) is 11.3 Å². The molecule has 1 heterocycles. The van der Waals surface area contributed by atoms with Crippen molar-refractivity contribution in [1.82, 2.24) is 9.78 Å². The molecule has 1 N–H and O–H groups in total. The minimum atomic E-state index is -0.254. The Labute approximate surface area is 87.5 Å². The second kappa shape index (κ2) is 3.73. The number of rotatable bonds is 2. The highest BCUT2D eigenvalue weighted by Gasteiger charge is 2.06. The molecule has 2 rings (SSSR count). The summed E-state index contributed by atoms with van der Waals surface area (Å²) in [5.41, 5.74) is 2.23. The van der Waals surface area contributed by atoms with Crippen molar-refractivity contribution in [2.75, 3.05) is 12.4 Å². The van der Waals surface area contributed by atoms with Gasteiger partial charge in [0.25, 0.3) is 0 Å². The van der Waals surface area contributed by atoms with Crippen molar-refractivity contribution in [3.8, 4) is 11.3 Å². The number of anilines is 1. The first-order valence-electron chi connectivity index (χ1n) is 4.68. The van der Waals surface area contributed by atoms with E-state index in [2.05, 4.69) is 10.4 Å². The number of hydrogen-bond donors (Lipinski definition) is 1. The Morgan fingerprint density at radius 3 is 2.67 bits per heavy atom. The maximum Gasteiger partial charge on any atom is 0.146 e. The number of benzene rings is 1. The third-order valence-electron chi connectivity index (χ3n) is 2.36. The molecule has 0 radical (unpaired) electrons. The number of aromatic nitrogens is 2. The fourth-order valence-electron chi connectivity index (χ4n) is 1.53. The Kier molecular flexibility index (Phi) is 2.41. The highest BCUT2D eigenvalue weighted by atomic mass is 19.1. The summed E-state index contributed by atoms with van der Waals surface area (Å²) < 4.78 is 15.2. The van der Waals surface area contributed by atoms with Gasteiger partial charge in [-0.3, -0.25) is 4.68 Å². The van der Waals surface area contributed by atoms with Gasteiger partial charge in [-0.15, -0.1) is 0 Å². The standard InChI is InChI=1S/C11H12FN3/c1-13-10-4-3-8(7-9(10)12)11-5-6-14-15(11)2/h3-7,13H,1-2H3. The van der Waals surface area contributed by atoms with E-state index in [4.69, 9.17) is 0 Å². The van der Waals surface area contributed by atoms with Crippen molar-refractivity contribution >= 4 is 5.69 Å². The molecule has 2 aromatic rings. The minimum absolute atomic E-state index is 0.254. The fraction of sp³-hybridized carbons (Fsp3) is 0.182. The molecule has 0 saturated heterocycles. The largest absolute Gasteiger partial charge is 0.386 e. The van der Waals surface area contributed by atoms with E-state index < -0.39 is 0 Å². The number of aryl methyl sites for hydroxylation is 1. The van der Waals surface area contributed by atoms with Crippen LogP contribution >= 0.6 is 0 Å². The minimum Gasteiger partial charge on any atom is -0.386 e. The zero-order valence-corrected chi connectivity index (χ0v) is 8.66. The number of hydrogen-bond acceptors (Lipinski definition) is 2. The second-order valence-electron chi connectivity index (χ2n) is 3.28. The van der Waals surface area contributed by atoms with Crippen molar-refractivity contribution in [1.29, 1.82) is 0 Å². The number of nitrogens with zero attached hydrogens (tertiary/aromatic N) is 2. The molecule has 4 heteroatoms. The lowest BCUT2D eigenvalue weighted by Gasteiger charge is -2.05. The van der Waals surface area contributed by atoms with Crippen LogP contribution in [0.3, 0.4) is 0 Å². The summed E-state index contributed by atoms with van der Waals surface area (Å²) in [7, 11) is 3.53. The van der Waals surface area contributed by atoms with Crippen LogP contribution in [-0.2, 0) is 7.05 Å². The van der Waals surface area contributed by atoms with Gasteiger partial charge in [-0.25, -0.2) is 4.39 Å². The maximum absolute atomic E-state index is 13.5. The molecule has 0 amide bonds. The average molecular weight is 205 g/mol. The molecule has 78 valence electrons. The van der Waals surface area contributed by atoms with Crippen LogP contribution in [0.15, 0.2) is 30.5 Å². The van der Waals surface area contributed by atoms with E-state index in [1.165, 1.54) is 6.07 Å². The van der Waals surface area contributed by atoms with Crippen molar-refractivity contribution in [2.45, 2.75) is 0 Å². The summed E-state index contributed by atoms with van der Waals surface area (Å²) >= 11 is 0. The van der Waals surface area contributed by atoms with E-state index in [1.54, 1.807) is 24.0 Å². The van der Waals surface area contributed by atoms with Crippen LogP contribution in [0.4, 0.5) is 10.1 Å². The summed E-state index contributed by atoms with van der Waals surface area (Å²) in [6, 6.07) is 6.94. The highest BCUT2D eigenvalue weighted by molar-refractivity contribution is 5.63. The molecule has 0 aliphatic rings. The van der Waals surface area contributed by atoms with Crippen molar-refractivity contribution < 1.29 is 4.39 Å². The molecule has 0 atom stereocenters. The van der Waals surface area contributed by atoms with E-state index in [9.17, 15) is 4.39 Å². The average Bonchev–Trinajstić information content (AvgIpc) is 2.64. The summed E-state index contributed by atoms with van der Waals surface area (Å²) in [5.74, 6) is -0.254. The van der Waals surface area contributed by atoms with Crippen LogP contribution in [0.2, 0.25) is 0 Å². The summed E-state index contributed by atoms with van der Waals surface area (Å²) in [6.07, 6.45) is 1.69. The van der Waals surface area contributed by atoms with Gasteiger partial charge in [0.1, 0.15) is 5.82 Å². The summed E-state index contributed by atoms with van der Waals surface area (Å²) in [5, 5.41) is 6.83. The third-order valence-corrected chi connectivity index (χ3v) is 2.36. The van der Waals surface area contributed by atoms with Crippen LogP contribution < -0.4 is 5.32 Å². The zero-order valence-electron chi connectivity index (χ0n) is 8.66. The van der Waals surface area contributed by atoms with Crippen LogP contribution in [0.1, 0.15) is 0 Å². The predicted octanol–water partition coefficient (Wildman–Crippen LogP) is 2.27. The first kappa shape index (κ1) is 9.71. The summed E-state index contributed by atoms with van der Waals surface area (Å²) in [6.45, 7) is 0. The second-order valence-corrected chi connectivity index (χ2v) is 3.28. The molecule has 0 spiro atoms. The molecule has 0 unspecified atom stereocenters. The van der Waals surface area contributed by atoms with Gasteiger partial charge in [0.05, 0.1) is 11.4 Å². The van der Waals surface area contributed by atoms with E-state index in [0.29, 0.717) is 5.69 Å². The molecule has 3 nitrogen and oxygen atoms in total. The van der Waals surface area contributed by atoms with Gasteiger partial charge in [0.15, 0.2) is 0 Å². The quantitative estimate of drug-likeness (QED) is 0.815. The molecular weight excluding hydrogens is 193 g/mol. The SMILES string of the molecule is CNc1ccc(-c2ccnn2C)cc1F. The first-order chi connectivity index (χ1) is 7.22. The van der Waals surface area contributed by atoms with E-state index in [1.807, 2.05) is 19.2 Å². The van der Waals surface area contributed by atoms with Crippen molar-refractivity contribution in [2.24, 2.45) is 7.05 Å². The van der Waals surface area contributed by atoms with E-state index in [-0.39, 0.29) is 5.82 Å². The predicted molar refractivity (Wildman–Crippen MR) is 58.1 cm³/mol. The monoisotopic (exact) mass is 205 g/mol. The normalized spacial score (nSPS) is 10.3. The van der Waals surface area contributed by atoms with Crippen molar-refractivity contribution in [3.63, 3.8) is 0 Å². The molecule has 15 heavy (non-hydrogen) atoms. The number of nitrogens with one attached hydrogen (secondary N) is 1. The van der Waals surface area contributed by atoms with Crippen molar-refractivity contribution in [3.05, 3.63) is 36.3 Å². The Hall–Kier alpha value is -1.84. The zero-order chi connectivity index (χ0) is 10.8. The number of halogens is 1. The smallest absolute Gasteiger partial charge is 0.146 e. The van der Waals surface area contributed by atoms with Crippen LogP contribution in [0, 0.1) is 5.82 Å². The molecular formula is C11H12FN3. The van der Waals surface area contributed by atoms with Crippen LogP contribution in [-0.4, -0.2) is 16.8 Å². The van der Waals surface area contributed by atoms with E-state index >= 15 is 0 Å². The van der Waals surface area contributed by atoms with Gasteiger partial charge < -0.3 is 5.32 Å². The molecule has 0 fully saturated rings. The third kappa shape index (κ3) is 1.70. The molecule has 1 aromatic heterocycles.